The van der Waals surface area contributed by atoms with E-state index in [0.29, 0.717) is 17.2 Å². The monoisotopic (exact) mass is 330 g/mol. The molecule has 1 saturated heterocycles. The predicted octanol–water partition coefficient (Wildman–Crippen LogP) is 2.35. The van der Waals surface area contributed by atoms with Gasteiger partial charge in [-0.25, -0.2) is 14.4 Å². The molecule has 0 bridgehead atoms. The van der Waals surface area contributed by atoms with E-state index in [0.717, 1.165) is 45.0 Å². The average molecular weight is 330 g/mol. The van der Waals surface area contributed by atoms with E-state index < -0.39 is 0 Å². The Hall–Kier alpha value is -2.57. The molecule has 1 aromatic carbocycles. The van der Waals surface area contributed by atoms with Crippen LogP contribution in [0.25, 0.3) is 0 Å². The van der Waals surface area contributed by atoms with E-state index in [4.69, 9.17) is 5.73 Å². The highest BCUT2D eigenvalue weighted by atomic mass is 19.1. The summed E-state index contributed by atoms with van der Waals surface area (Å²) < 4.78 is 13.9. The molecule has 0 radical (unpaired) electrons. The summed E-state index contributed by atoms with van der Waals surface area (Å²) in [6.07, 6.45) is 2.53. The van der Waals surface area contributed by atoms with Crippen molar-refractivity contribution in [3.8, 4) is 0 Å². The van der Waals surface area contributed by atoms with Gasteiger partial charge in [0.2, 0.25) is 0 Å². The van der Waals surface area contributed by atoms with Gasteiger partial charge in [-0.1, -0.05) is 19.1 Å². The molecule has 128 valence electrons. The molecule has 0 amide bonds. The topological polar surface area (TPSA) is 70.3 Å². The van der Waals surface area contributed by atoms with Gasteiger partial charge in [-0.15, -0.1) is 0 Å². The summed E-state index contributed by atoms with van der Waals surface area (Å²) in [5, 5.41) is 3.22. The van der Waals surface area contributed by atoms with Gasteiger partial charge in [-0.05, 0) is 18.6 Å². The van der Waals surface area contributed by atoms with Crippen molar-refractivity contribution in [2.24, 2.45) is 0 Å². The van der Waals surface area contributed by atoms with E-state index in [2.05, 4.69) is 32.0 Å². The van der Waals surface area contributed by atoms with Crippen molar-refractivity contribution in [3.63, 3.8) is 0 Å². The molecule has 6 nitrogen and oxygen atoms in total. The van der Waals surface area contributed by atoms with Crippen LogP contribution in [0.4, 0.5) is 27.4 Å². The first-order chi connectivity index (χ1) is 11.7. The largest absolute Gasteiger partial charge is 0.393 e. The standard InChI is InChI=1S/C17H23FN6/c1-2-7-20-16-15(19)17(22-12-21-16)24-10-8-23(9-11-24)14-6-4-3-5-13(14)18/h3-6,12H,2,7-11,19H2,1H3,(H,20,21,22). The molecule has 24 heavy (non-hydrogen) atoms. The zero-order valence-electron chi connectivity index (χ0n) is 13.9. The summed E-state index contributed by atoms with van der Waals surface area (Å²) in [7, 11) is 0. The predicted molar refractivity (Wildman–Crippen MR) is 96.1 cm³/mol. The first kappa shape index (κ1) is 16.3. The number of halogens is 1. The number of hydrogen-bond donors (Lipinski definition) is 2. The van der Waals surface area contributed by atoms with Gasteiger partial charge >= 0.3 is 0 Å². The number of nitrogens with two attached hydrogens (primary N) is 1. The molecule has 7 heteroatoms. The number of hydrogen-bond acceptors (Lipinski definition) is 6. The van der Waals surface area contributed by atoms with Crippen LogP contribution in [0, 0.1) is 5.82 Å². The van der Waals surface area contributed by atoms with Crippen LogP contribution in [0.2, 0.25) is 0 Å². The summed E-state index contributed by atoms with van der Waals surface area (Å²) >= 11 is 0. The number of para-hydroxylation sites is 1. The van der Waals surface area contributed by atoms with Crippen LogP contribution in [0.15, 0.2) is 30.6 Å². The minimum absolute atomic E-state index is 0.182. The van der Waals surface area contributed by atoms with Crippen LogP contribution in [-0.4, -0.2) is 42.7 Å². The Kier molecular flexibility index (Phi) is 4.98. The number of nitrogens with one attached hydrogen (secondary N) is 1. The Morgan fingerprint density at radius 3 is 2.54 bits per heavy atom. The van der Waals surface area contributed by atoms with Crippen molar-refractivity contribution < 1.29 is 4.39 Å². The van der Waals surface area contributed by atoms with Gasteiger partial charge in [0.15, 0.2) is 11.6 Å². The van der Waals surface area contributed by atoms with Crippen LogP contribution < -0.4 is 20.9 Å². The van der Waals surface area contributed by atoms with Crippen molar-refractivity contribution in [1.29, 1.82) is 0 Å². The molecule has 0 aliphatic carbocycles. The Morgan fingerprint density at radius 2 is 1.83 bits per heavy atom. The fourth-order valence-corrected chi connectivity index (χ4v) is 2.89. The Bertz CT molecular complexity index is 685. The number of rotatable bonds is 5. The Labute approximate surface area is 141 Å². The fourth-order valence-electron chi connectivity index (χ4n) is 2.89. The maximum absolute atomic E-state index is 13.9. The SMILES string of the molecule is CCCNc1ncnc(N2CCN(c3ccccc3F)CC2)c1N. The van der Waals surface area contributed by atoms with Gasteiger partial charge in [0.1, 0.15) is 17.8 Å². The zero-order valence-corrected chi connectivity index (χ0v) is 13.9. The lowest BCUT2D eigenvalue weighted by Gasteiger charge is -2.37. The summed E-state index contributed by atoms with van der Waals surface area (Å²) in [4.78, 5) is 12.7. The first-order valence-corrected chi connectivity index (χ1v) is 8.29. The van der Waals surface area contributed by atoms with E-state index in [9.17, 15) is 4.39 Å². The smallest absolute Gasteiger partial charge is 0.157 e. The number of piperazine rings is 1. The highest BCUT2D eigenvalue weighted by molar-refractivity contribution is 5.75. The van der Waals surface area contributed by atoms with Gasteiger partial charge in [-0.2, -0.15) is 0 Å². The summed E-state index contributed by atoms with van der Waals surface area (Å²) in [5.74, 6) is 1.24. The highest BCUT2D eigenvalue weighted by Gasteiger charge is 2.22. The summed E-state index contributed by atoms with van der Waals surface area (Å²) in [6.45, 7) is 5.84. The van der Waals surface area contributed by atoms with Gasteiger partial charge in [0, 0.05) is 32.7 Å². The minimum Gasteiger partial charge on any atom is -0.393 e. The van der Waals surface area contributed by atoms with Crippen molar-refractivity contribution >= 4 is 23.0 Å². The molecule has 0 saturated carbocycles. The van der Waals surface area contributed by atoms with E-state index in [1.54, 1.807) is 6.07 Å². The normalized spacial score (nSPS) is 14.8. The van der Waals surface area contributed by atoms with E-state index in [1.807, 2.05) is 12.1 Å². The molecule has 0 atom stereocenters. The minimum atomic E-state index is -0.182. The lowest BCUT2D eigenvalue weighted by atomic mass is 10.2. The van der Waals surface area contributed by atoms with Crippen LogP contribution in [0.1, 0.15) is 13.3 Å². The van der Waals surface area contributed by atoms with Crippen LogP contribution in [0.3, 0.4) is 0 Å². The van der Waals surface area contributed by atoms with Crippen molar-refractivity contribution in [1.82, 2.24) is 9.97 Å². The number of nitrogens with zero attached hydrogens (tertiary/aromatic N) is 4. The van der Waals surface area contributed by atoms with Gasteiger partial charge in [0.25, 0.3) is 0 Å². The van der Waals surface area contributed by atoms with E-state index >= 15 is 0 Å². The highest BCUT2D eigenvalue weighted by Crippen LogP contribution is 2.28. The molecule has 1 fully saturated rings. The first-order valence-electron chi connectivity index (χ1n) is 8.29. The van der Waals surface area contributed by atoms with Gasteiger partial charge in [-0.3, -0.25) is 0 Å². The summed E-state index contributed by atoms with van der Waals surface area (Å²) in [6, 6.07) is 6.88. The third-order valence-electron chi connectivity index (χ3n) is 4.18. The maximum Gasteiger partial charge on any atom is 0.157 e. The molecule has 3 N–H and O–H groups in total. The van der Waals surface area contributed by atoms with Gasteiger partial charge in [0.05, 0.1) is 5.69 Å². The van der Waals surface area contributed by atoms with Crippen molar-refractivity contribution in [3.05, 3.63) is 36.4 Å². The maximum atomic E-state index is 13.9. The van der Waals surface area contributed by atoms with Crippen LogP contribution >= 0.6 is 0 Å². The molecule has 1 aromatic heterocycles. The molecular formula is C17H23FN6. The lowest BCUT2D eigenvalue weighted by Crippen LogP contribution is -2.47. The molecule has 0 unspecified atom stereocenters. The molecule has 1 aliphatic heterocycles. The zero-order chi connectivity index (χ0) is 16.9. The average Bonchev–Trinajstić information content (AvgIpc) is 2.62. The second-order valence-corrected chi connectivity index (χ2v) is 5.81. The van der Waals surface area contributed by atoms with Crippen LogP contribution in [-0.2, 0) is 0 Å². The molecular weight excluding hydrogens is 307 g/mol. The quantitative estimate of drug-likeness (QED) is 0.877. The van der Waals surface area contributed by atoms with Crippen molar-refractivity contribution in [2.45, 2.75) is 13.3 Å². The van der Waals surface area contributed by atoms with Crippen LogP contribution in [0.5, 0.6) is 0 Å². The molecule has 1 aliphatic rings. The molecule has 0 spiro atoms. The molecule has 2 heterocycles. The third-order valence-corrected chi connectivity index (χ3v) is 4.18. The number of aromatic nitrogens is 2. The Morgan fingerprint density at radius 1 is 1.12 bits per heavy atom. The van der Waals surface area contributed by atoms with Crippen molar-refractivity contribution in [2.75, 3.05) is 53.6 Å². The molecule has 3 rings (SSSR count). The van der Waals surface area contributed by atoms with Gasteiger partial charge < -0.3 is 20.9 Å². The number of anilines is 4. The number of benzene rings is 1. The Balaban J connectivity index is 1.70. The third kappa shape index (κ3) is 3.34. The summed E-state index contributed by atoms with van der Waals surface area (Å²) in [5.41, 5.74) is 7.45. The molecule has 2 aromatic rings. The second-order valence-electron chi connectivity index (χ2n) is 5.81. The fraction of sp³-hybridized carbons (Fsp3) is 0.412. The van der Waals surface area contributed by atoms with E-state index in [1.165, 1.54) is 12.4 Å². The lowest BCUT2D eigenvalue weighted by molar-refractivity contribution is 0.596. The second kappa shape index (κ2) is 7.33. The van der Waals surface area contributed by atoms with E-state index in [-0.39, 0.29) is 5.82 Å². The number of nitrogen functional groups attached to an aromatic ring is 1.